The van der Waals surface area contributed by atoms with E-state index in [1.165, 1.54) is 17.5 Å². The molecule has 29 heavy (non-hydrogen) atoms. The van der Waals surface area contributed by atoms with Crippen LogP contribution >= 0.6 is 0 Å². The van der Waals surface area contributed by atoms with Crippen molar-refractivity contribution in [2.24, 2.45) is 5.92 Å². The highest BCUT2D eigenvalue weighted by atomic mass is 16.8. The summed E-state index contributed by atoms with van der Waals surface area (Å²) in [5, 5.41) is 16.6. The van der Waals surface area contributed by atoms with Crippen molar-refractivity contribution in [1.29, 1.82) is 0 Å². The predicted octanol–water partition coefficient (Wildman–Crippen LogP) is 2.28. The average Bonchev–Trinajstić information content (AvgIpc) is 3.34. The number of benzene rings is 1. The van der Waals surface area contributed by atoms with Crippen LogP contribution in [0.25, 0.3) is 0 Å². The number of aliphatic hydroxyl groups excluding tert-OH is 1. The second kappa shape index (κ2) is 7.19. The van der Waals surface area contributed by atoms with Crippen LogP contribution in [0.2, 0.25) is 0 Å². The van der Waals surface area contributed by atoms with Gasteiger partial charge in [-0.3, -0.25) is 0 Å². The van der Waals surface area contributed by atoms with Crippen LogP contribution in [0.5, 0.6) is 0 Å². The molecule has 1 saturated carbocycles. The van der Waals surface area contributed by atoms with E-state index in [0.717, 1.165) is 19.3 Å². The summed E-state index contributed by atoms with van der Waals surface area (Å²) < 4.78 is 12.1. The highest BCUT2D eigenvalue weighted by Crippen LogP contribution is 2.42. The van der Waals surface area contributed by atoms with E-state index in [4.69, 9.17) is 9.47 Å². The molecule has 5 rings (SSSR count). The highest BCUT2D eigenvalue weighted by molar-refractivity contribution is 5.42. The van der Waals surface area contributed by atoms with E-state index in [9.17, 15) is 5.11 Å². The Morgan fingerprint density at radius 3 is 2.69 bits per heavy atom. The first kappa shape index (κ1) is 18.7. The Bertz CT molecular complexity index is 892. The molecule has 2 heterocycles. The van der Waals surface area contributed by atoms with Crippen LogP contribution in [-0.4, -0.2) is 50.7 Å². The molecule has 3 aliphatic rings. The maximum atomic E-state index is 9.74. The Kier molecular flexibility index (Phi) is 4.64. The molecule has 0 radical (unpaired) electrons. The molecule has 2 aliphatic carbocycles. The molecule has 0 spiro atoms. The molecule has 8 nitrogen and oxygen atoms in total. The van der Waals surface area contributed by atoms with E-state index >= 15 is 0 Å². The van der Waals surface area contributed by atoms with Gasteiger partial charge < -0.3 is 25.2 Å². The van der Waals surface area contributed by atoms with Gasteiger partial charge in [-0.2, -0.15) is 4.98 Å². The number of aliphatic hydroxyl groups is 1. The number of rotatable bonds is 5. The van der Waals surface area contributed by atoms with E-state index in [1.807, 2.05) is 13.8 Å². The molecule has 1 aromatic carbocycles. The van der Waals surface area contributed by atoms with Gasteiger partial charge in [0.15, 0.2) is 5.79 Å². The lowest BCUT2D eigenvalue weighted by atomic mass is 10.1. The summed E-state index contributed by atoms with van der Waals surface area (Å²) in [6, 6.07) is 8.67. The van der Waals surface area contributed by atoms with Gasteiger partial charge in [-0.25, -0.2) is 9.97 Å². The van der Waals surface area contributed by atoms with Gasteiger partial charge in [0.05, 0.1) is 18.2 Å². The number of ether oxygens (including phenoxy) is 2. The van der Waals surface area contributed by atoms with Gasteiger partial charge in [0, 0.05) is 12.5 Å². The lowest BCUT2D eigenvalue weighted by Crippen LogP contribution is -2.35. The topological polar surface area (TPSA) is 101 Å². The maximum Gasteiger partial charge on any atom is 0.227 e. The van der Waals surface area contributed by atoms with Crippen LogP contribution in [0.15, 0.2) is 30.6 Å². The Morgan fingerprint density at radius 1 is 1.10 bits per heavy atom. The molecular weight excluding hydrogens is 370 g/mol. The predicted molar refractivity (Wildman–Crippen MR) is 107 cm³/mol. The Hall–Kier alpha value is -2.29. The summed E-state index contributed by atoms with van der Waals surface area (Å²) in [5.41, 5.74) is 2.69. The molecule has 2 fully saturated rings. The first-order valence-corrected chi connectivity index (χ1v) is 10.3. The van der Waals surface area contributed by atoms with Crippen LogP contribution in [-0.2, 0) is 15.9 Å². The summed E-state index contributed by atoms with van der Waals surface area (Å²) in [7, 11) is 0. The lowest BCUT2D eigenvalue weighted by molar-refractivity contribution is -0.158. The fourth-order valence-electron chi connectivity index (χ4n) is 4.87. The maximum absolute atomic E-state index is 9.74. The number of hydrogen-bond donors (Lipinski definition) is 3. The van der Waals surface area contributed by atoms with Crippen molar-refractivity contribution in [3.8, 4) is 0 Å². The van der Waals surface area contributed by atoms with Crippen molar-refractivity contribution in [3.63, 3.8) is 0 Å². The van der Waals surface area contributed by atoms with E-state index in [2.05, 4.69) is 49.9 Å². The van der Waals surface area contributed by atoms with Crippen LogP contribution in [0.3, 0.4) is 0 Å². The third-order valence-electron chi connectivity index (χ3n) is 6.14. The zero-order chi connectivity index (χ0) is 20.0. The third-order valence-corrected chi connectivity index (χ3v) is 6.14. The van der Waals surface area contributed by atoms with Crippen molar-refractivity contribution >= 4 is 11.9 Å². The fraction of sp³-hybridized carbons (Fsp3) is 0.571. The van der Waals surface area contributed by atoms with Crippen LogP contribution in [0, 0.1) is 5.92 Å². The zero-order valence-electron chi connectivity index (χ0n) is 16.7. The molecule has 0 bridgehead atoms. The molecule has 1 aromatic heterocycles. The van der Waals surface area contributed by atoms with Crippen LogP contribution in [0.4, 0.5) is 11.9 Å². The molecule has 8 heteroatoms. The van der Waals surface area contributed by atoms with E-state index in [0.29, 0.717) is 11.9 Å². The van der Waals surface area contributed by atoms with E-state index in [1.54, 1.807) is 0 Å². The van der Waals surface area contributed by atoms with Gasteiger partial charge in [-0.15, -0.1) is 0 Å². The van der Waals surface area contributed by atoms with Crippen molar-refractivity contribution in [2.45, 2.75) is 63.2 Å². The summed E-state index contributed by atoms with van der Waals surface area (Å²) in [5.74, 6) is 0.449. The van der Waals surface area contributed by atoms with Gasteiger partial charge in [-0.1, -0.05) is 24.3 Å². The Morgan fingerprint density at radius 2 is 1.86 bits per heavy atom. The Balaban J connectivity index is 1.30. The molecule has 5 atom stereocenters. The molecule has 0 amide bonds. The molecule has 154 valence electrons. The summed E-state index contributed by atoms with van der Waals surface area (Å²) >= 11 is 0. The fourth-order valence-corrected chi connectivity index (χ4v) is 4.87. The van der Waals surface area contributed by atoms with Gasteiger partial charge in [0.25, 0.3) is 0 Å². The minimum Gasteiger partial charge on any atom is -0.396 e. The summed E-state index contributed by atoms with van der Waals surface area (Å²) in [4.78, 5) is 13.2. The number of hydrogen-bond acceptors (Lipinski definition) is 8. The summed E-state index contributed by atoms with van der Waals surface area (Å²) in [6.07, 6.45) is 4.08. The smallest absolute Gasteiger partial charge is 0.227 e. The number of nitrogens with zero attached hydrogens (tertiary/aromatic N) is 3. The van der Waals surface area contributed by atoms with Crippen molar-refractivity contribution in [2.75, 3.05) is 17.2 Å². The summed E-state index contributed by atoms with van der Waals surface area (Å²) in [6.45, 7) is 3.88. The second-order valence-corrected chi connectivity index (χ2v) is 8.56. The van der Waals surface area contributed by atoms with Crippen molar-refractivity contribution in [3.05, 3.63) is 41.7 Å². The van der Waals surface area contributed by atoms with Gasteiger partial charge in [0.1, 0.15) is 12.4 Å². The van der Waals surface area contributed by atoms with E-state index in [-0.39, 0.29) is 36.8 Å². The molecular formula is C21H27N5O3. The van der Waals surface area contributed by atoms with Crippen molar-refractivity contribution in [1.82, 2.24) is 15.0 Å². The number of fused-ring (bicyclic) bond motifs is 2. The minimum absolute atomic E-state index is 0.0265. The quantitative estimate of drug-likeness (QED) is 0.706. The standard InChI is InChI=1S/C21H27N5O3/c1-21(2)28-17-13(10-27)9-16(18(17)29-21)25-20-23-11-22-19(26-20)24-15-8-7-12-5-3-4-6-14(12)15/h3-6,11,13,15-18,27H,7-10H2,1-2H3,(H2,22,23,24,25,26)/t13-,15+,16-,17-,18+/m1/s1. The Labute approximate surface area is 170 Å². The number of aromatic nitrogens is 3. The second-order valence-electron chi connectivity index (χ2n) is 8.56. The largest absolute Gasteiger partial charge is 0.396 e. The average molecular weight is 397 g/mol. The number of aryl methyl sites for hydroxylation is 1. The van der Waals surface area contributed by atoms with Crippen molar-refractivity contribution < 1.29 is 14.6 Å². The lowest BCUT2D eigenvalue weighted by Gasteiger charge is -2.23. The van der Waals surface area contributed by atoms with E-state index < -0.39 is 5.79 Å². The zero-order valence-corrected chi connectivity index (χ0v) is 16.7. The number of anilines is 2. The first-order chi connectivity index (χ1) is 14.0. The minimum atomic E-state index is -0.648. The molecule has 0 unspecified atom stereocenters. The van der Waals surface area contributed by atoms with Gasteiger partial charge in [0.2, 0.25) is 11.9 Å². The van der Waals surface area contributed by atoms with Crippen LogP contribution in [0.1, 0.15) is 43.9 Å². The normalized spacial score (nSPS) is 32.0. The number of nitrogens with one attached hydrogen (secondary N) is 2. The third kappa shape index (κ3) is 3.56. The SMILES string of the molecule is CC1(C)O[C@@H]2[C@@H](CO)C[C@@H](Nc3ncnc(N[C@H]4CCc5ccccc54)n3)[C@@H]2O1. The van der Waals surface area contributed by atoms with Gasteiger partial charge in [-0.05, 0) is 44.2 Å². The monoisotopic (exact) mass is 397 g/mol. The van der Waals surface area contributed by atoms with Crippen LogP contribution < -0.4 is 10.6 Å². The molecule has 2 aromatic rings. The first-order valence-electron chi connectivity index (χ1n) is 10.3. The molecule has 1 aliphatic heterocycles. The molecule has 1 saturated heterocycles. The molecule has 3 N–H and O–H groups in total. The van der Waals surface area contributed by atoms with Gasteiger partial charge >= 0.3 is 0 Å². The highest BCUT2D eigenvalue weighted by Gasteiger charge is 2.53.